The summed E-state index contributed by atoms with van der Waals surface area (Å²) in [4.78, 5) is 75.5. The normalized spacial score (nSPS) is 29.0. The van der Waals surface area contributed by atoms with Gasteiger partial charge in [0.25, 0.3) is 5.91 Å². The Labute approximate surface area is 296 Å². The first-order chi connectivity index (χ1) is 23.8. The average Bonchev–Trinajstić information content (AvgIpc) is 3.41. The maximum atomic E-state index is 14.3. The topological polar surface area (TPSA) is 158 Å². The van der Waals surface area contributed by atoms with Crippen LogP contribution in [0.15, 0.2) is 54.6 Å². The number of ether oxygens (including phenoxy) is 1. The second kappa shape index (κ2) is 14.0. The first-order valence-electron chi connectivity index (χ1n) is 17.3. The van der Waals surface area contributed by atoms with Crippen LogP contribution in [0.1, 0.15) is 69.8 Å². The fourth-order valence-corrected chi connectivity index (χ4v) is 7.70. The standard InChI is InChI=1S/C37H44ClN5O7/c1-36(2,3)50-35(49)40-29-14-8-6-4-5-7-12-24-18-37(24,34(47)48)41-31(44)30-26-21-42(19-23(26)20-43(30)33(29)46)32(45)28-16-10-15-27(39-28)22-11-9-13-25(38)17-22/h7,9-13,15-17,23-24,26,29-30H,4-6,8,14,18-21H2,1-3H3,(H,40,49)(H,41,44)(H,47,48)/b12-7-/t23-,24+,26-,29+,30-,37-/m0/s1. The van der Waals surface area contributed by atoms with Crippen LogP contribution in [0.5, 0.6) is 0 Å². The minimum absolute atomic E-state index is 0.164. The van der Waals surface area contributed by atoms with E-state index in [0.29, 0.717) is 23.6 Å². The summed E-state index contributed by atoms with van der Waals surface area (Å²) in [6.45, 7) is 5.82. The molecule has 1 aromatic carbocycles. The van der Waals surface area contributed by atoms with Crippen molar-refractivity contribution in [2.24, 2.45) is 17.8 Å². The number of benzene rings is 1. The van der Waals surface area contributed by atoms with Gasteiger partial charge in [0.05, 0.1) is 5.69 Å². The Morgan fingerprint density at radius 1 is 1.06 bits per heavy atom. The minimum atomic E-state index is -1.46. The van der Waals surface area contributed by atoms with Gasteiger partial charge >= 0.3 is 12.1 Å². The van der Waals surface area contributed by atoms with Crippen molar-refractivity contribution in [2.75, 3.05) is 19.6 Å². The van der Waals surface area contributed by atoms with Gasteiger partial charge in [0.1, 0.15) is 28.9 Å². The highest BCUT2D eigenvalue weighted by Gasteiger charge is 2.62. The second-order valence-corrected chi connectivity index (χ2v) is 15.3. The molecule has 266 valence electrons. The number of amides is 4. The summed E-state index contributed by atoms with van der Waals surface area (Å²) < 4.78 is 5.47. The molecule has 1 saturated carbocycles. The van der Waals surface area contributed by atoms with Crippen LogP contribution in [-0.2, 0) is 19.1 Å². The van der Waals surface area contributed by atoms with Crippen LogP contribution in [0.2, 0.25) is 5.02 Å². The van der Waals surface area contributed by atoms with Crippen molar-refractivity contribution >= 4 is 41.4 Å². The van der Waals surface area contributed by atoms with Gasteiger partial charge in [-0.1, -0.05) is 54.8 Å². The zero-order chi connectivity index (χ0) is 35.8. The number of nitrogens with one attached hydrogen (secondary N) is 2. The number of nitrogens with zero attached hydrogens (tertiary/aromatic N) is 3. The molecule has 12 nitrogen and oxygen atoms in total. The SMILES string of the molecule is CC(C)(C)OC(=O)N[C@@H]1CCCCC/C=C\[C@@H]2C[C@]2(C(=O)O)NC(=O)[C@@H]2[C@H]3CN(C(=O)c4cccc(-c5cccc(Cl)c5)n4)C[C@H]3CN2C1=O. The molecule has 1 aromatic heterocycles. The number of carboxylic acid groups (broad SMARTS) is 1. The van der Waals surface area contributed by atoms with E-state index in [1.165, 1.54) is 4.90 Å². The van der Waals surface area contributed by atoms with Gasteiger partial charge < -0.3 is 30.3 Å². The largest absolute Gasteiger partial charge is 0.479 e. The predicted molar refractivity (Wildman–Crippen MR) is 185 cm³/mol. The number of aliphatic carboxylic acids is 1. The lowest BCUT2D eigenvalue weighted by atomic mass is 9.93. The number of halogens is 1. The highest BCUT2D eigenvalue weighted by molar-refractivity contribution is 6.30. The highest BCUT2D eigenvalue weighted by Crippen LogP contribution is 2.46. The zero-order valence-corrected chi connectivity index (χ0v) is 29.3. The predicted octanol–water partition coefficient (Wildman–Crippen LogP) is 4.67. The van der Waals surface area contributed by atoms with Crippen LogP contribution in [0.25, 0.3) is 11.3 Å². The second-order valence-electron chi connectivity index (χ2n) is 14.8. The van der Waals surface area contributed by atoms with E-state index in [1.807, 2.05) is 24.3 Å². The monoisotopic (exact) mass is 705 g/mol. The molecular weight excluding hydrogens is 662 g/mol. The Hall–Kier alpha value is -4.45. The molecule has 0 radical (unpaired) electrons. The third kappa shape index (κ3) is 7.50. The van der Waals surface area contributed by atoms with E-state index in [-0.39, 0.29) is 49.5 Å². The van der Waals surface area contributed by atoms with E-state index in [0.717, 1.165) is 24.8 Å². The fourth-order valence-electron chi connectivity index (χ4n) is 7.51. The molecule has 6 rings (SSSR count). The molecule has 3 fully saturated rings. The van der Waals surface area contributed by atoms with Crippen molar-refractivity contribution in [3.8, 4) is 11.3 Å². The van der Waals surface area contributed by atoms with Gasteiger partial charge in [-0.15, -0.1) is 0 Å². The summed E-state index contributed by atoms with van der Waals surface area (Å²) in [5.74, 6) is -3.53. The number of carboxylic acids is 1. The number of rotatable bonds is 4. The Morgan fingerprint density at radius 2 is 1.84 bits per heavy atom. The molecular formula is C37H44ClN5O7. The molecule has 13 heteroatoms. The van der Waals surface area contributed by atoms with E-state index in [2.05, 4.69) is 15.6 Å². The van der Waals surface area contributed by atoms with Gasteiger partial charge in [-0.3, -0.25) is 14.4 Å². The molecule has 0 spiro atoms. The summed E-state index contributed by atoms with van der Waals surface area (Å²) in [6, 6.07) is 10.4. The molecule has 0 unspecified atom stereocenters. The quantitative estimate of drug-likeness (QED) is 0.387. The van der Waals surface area contributed by atoms with Gasteiger partial charge in [0.2, 0.25) is 11.8 Å². The smallest absolute Gasteiger partial charge is 0.408 e. The summed E-state index contributed by atoms with van der Waals surface area (Å²) in [5.41, 5.74) is -0.654. The highest BCUT2D eigenvalue weighted by atomic mass is 35.5. The average molecular weight is 706 g/mol. The number of hydrogen-bond donors (Lipinski definition) is 3. The number of likely N-dealkylation sites (tertiary alicyclic amines) is 1. The summed E-state index contributed by atoms with van der Waals surface area (Å²) in [5, 5.41) is 16.3. The van der Waals surface area contributed by atoms with Gasteiger partial charge in [-0.05, 0) is 70.7 Å². The van der Waals surface area contributed by atoms with Gasteiger partial charge in [0, 0.05) is 48.0 Å². The number of fused-ring (bicyclic) bond motifs is 4. The van der Waals surface area contributed by atoms with Gasteiger partial charge in [-0.25, -0.2) is 14.6 Å². The Balaban J connectivity index is 1.27. The number of pyridine rings is 1. The molecule has 50 heavy (non-hydrogen) atoms. The Morgan fingerprint density at radius 3 is 2.58 bits per heavy atom. The van der Waals surface area contributed by atoms with Crippen LogP contribution in [0.4, 0.5) is 4.79 Å². The van der Waals surface area contributed by atoms with Crippen molar-refractivity contribution in [3.63, 3.8) is 0 Å². The number of carbonyl (C=O) groups is 5. The van der Waals surface area contributed by atoms with E-state index in [9.17, 15) is 29.1 Å². The number of carbonyl (C=O) groups excluding carboxylic acids is 4. The zero-order valence-electron chi connectivity index (χ0n) is 28.6. The molecule has 4 aliphatic rings. The minimum Gasteiger partial charge on any atom is -0.479 e. The molecule has 6 atom stereocenters. The lowest BCUT2D eigenvalue weighted by Crippen LogP contribution is -2.58. The maximum Gasteiger partial charge on any atom is 0.408 e. The molecule has 2 aromatic rings. The summed E-state index contributed by atoms with van der Waals surface area (Å²) in [6.07, 6.45) is 6.71. The van der Waals surface area contributed by atoms with Crippen LogP contribution in [0, 0.1) is 17.8 Å². The first-order valence-corrected chi connectivity index (χ1v) is 17.7. The number of hydrogen-bond acceptors (Lipinski definition) is 7. The van der Waals surface area contributed by atoms with Crippen molar-refractivity contribution in [2.45, 2.75) is 82.5 Å². The van der Waals surface area contributed by atoms with Crippen LogP contribution in [-0.4, -0.2) is 92.5 Å². The number of aromatic nitrogens is 1. The van der Waals surface area contributed by atoms with E-state index in [4.69, 9.17) is 16.3 Å². The van der Waals surface area contributed by atoms with Crippen LogP contribution in [0.3, 0.4) is 0 Å². The maximum absolute atomic E-state index is 14.3. The fraction of sp³-hybridized carbons (Fsp3) is 0.514. The molecule has 4 amide bonds. The van der Waals surface area contributed by atoms with Crippen molar-refractivity contribution in [1.29, 1.82) is 0 Å². The van der Waals surface area contributed by atoms with Crippen LogP contribution >= 0.6 is 11.6 Å². The van der Waals surface area contributed by atoms with Crippen molar-refractivity contribution in [1.82, 2.24) is 25.4 Å². The molecule has 3 N–H and O–H groups in total. The van der Waals surface area contributed by atoms with E-state index < -0.39 is 53.0 Å². The molecule has 3 aliphatic heterocycles. The molecule has 1 aliphatic carbocycles. The summed E-state index contributed by atoms with van der Waals surface area (Å²) in [7, 11) is 0. The molecule has 4 heterocycles. The molecule has 2 saturated heterocycles. The molecule has 0 bridgehead atoms. The Kier molecular flexibility index (Phi) is 9.94. The number of allylic oxidation sites excluding steroid dienone is 1. The van der Waals surface area contributed by atoms with Crippen molar-refractivity contribution in [3.05, 3.63) is 65.3 Å². The third-order valence-corrected chi connectivity index (χ3v) is 10.3. The Bertz CT molecular complexity index is 1710. The van der Waals surface area contributed by atoms with Crippen molar-refractivity contribution < 1.29 is 33.8 Å². The summed E-state index contributed by atoms with van der Waals surface area (Å²) >= 11 is 6.18. The third-order valence-electron chi connectivity index (χ3n) is 10.1. The van der Waals surface area contributed by atoms with Crippen LogP contribution < -0.4 is 10.6 Å². The first kappa shape index (κ1) is 35.4. The lowest BCUT2D eigenvalue weighted by Gasteiger charge is -2.33. The van der Waals surface area contributed by atoms with Gasteiger partial charge in [0.15, 0.2) is 0 Å². The lowest BCUT2D eigenvalue weighted by molar-refractivity contribution is -0.146. The van der Waals surface area contributed by atoms with Gasteiger partial charge in [-0.2, -0.15) is 0 Å². The number of alkyl carbamates (subject to hydrolysis) is 1. The van der Waals surface area contributed by atoms with E-state index in [1.54, 1.807) is 56.0 Å². The van der Waals surface area contributed by atoms with E-state index >= 15 is 0 Å².